The zero-order valence-corrected chi connectivity index (χ0v) is 10.5. The fourth-order valence-corrected chi connectivity index (χ4v) is 1.66. The van der Waals surface area contributed by atoms with E-state index in [0.717, 1.165) is 25.7 Å². The Bertz CT molecular complexity index is 160. The van der Waals surface area contributed by atoms with Gasteiger partial charge in [0.25, 0.3) is 0 Å². The second-order valence-corrected chi connectivity index (χ2v) is 4.07. The molecule has 0 atom stereocenters. The summed E-state index contributed by atoms with van der Waals surface area (Å²) >= 11 is 0. The Labute approximate surface area is 98.6 Å². The van der Waals surface area contributed by atoms with Crippen LogP contribution in [0.25, 0.3) is 0 Å². The van der Waals surface area contributed by atoms with Gasteiger partial charge in [-0.2, -0.15) is 0 Å². The Morgan fingerprint density at radius 3 is 1.94 bits per heavy atom. The Morgan fingerprint density at radius 1 is 0.938 bits per heavy atom. The van der Waals surface area contributed by atoms with Crippen molar-refractivity contribution in [3.63, 3.8) is 0 Å². The summed E-state index contributed by atoms with van der Waals surface area (Å²) in [5.41, 5.74) is 0. The van der Waals surface area contributed by atoms with Crippen molar-refractivity contribution in [3.05, 3.63) is 0 Å². The van der Waals surface area contributed by atoms with Crippen LogP contribution >= 0.6 is 0 Å². The van der Waals surface area contributed by atoms with Gasteiger partial charge in [0.05, 0.1) is 13.3 Å². The molecular weight excluding hydrogens is 207 g/mol. The van der Waals surface area contributed by atoms with E-state index < -0.39 is 0 Å². The molecule has 0 rings (SSSR count). The molecule has 0 radical (unpaired) electrons. The summed E-state index contributed by atoms with van der Waals surface area (Å²) in [6.45, 7) is 2.13. The molecule has 0 heterocycles. The molecule has 0 saturated heterocycles. The number of ether oxygens (including phenoxy) is 1. The van der Waals surface area contributed by atoms with E-state index in [9.17, 15) is 9.18 Å². The summed E-state index contributed by atoms with van der Waals surface area (Å²) in [5.74, 6) is -0.0783. The first-order valence-electron chi connectivity index (χ1n) is 6.52. The van der Waals surface area contributed by atoms with Crippen molar-refractivity contribution in [2.45, 2.75) is 64.7 Å². The lowest BCUT2D eigenvalue weighted by molar-refractivity contribution is -0.143. The van der Waals surface area contributed by atoms with Crippen LogP contribution in [0.3, 0.4) is 0 Å². The Balaban J connectivity index is 3.01. The first-order chi connectivity index (χ1) is 7.81. The van der Waals surface area contributed by atoms with Crippen LogP contribution in [0.1, 0.15) is 64.7 Å². The summed E-state index contributed by atoms with van der Waals surface area (Å²) < 4.78 is 16.6. The van der Waals surface area contributed by atoms with Crippen LogP contribution < -0.4 is 0 Å². The minimum Gasteiger partial charge on any atom is -0.466 e. The third-order valence-electron chi connectivity index (χ3n) is 2.57. The average molecular weight is 232 g/mol. The number of alkyl halides is 1. The van der Waals surface area contributed by atoms with Gasteiger partial charge in [-0.3, -0.25) is 9.18 Å². The molecule has 0 unspecified atom stereocenters. The monoisotopic (exact) mass is 232 g/mol. The second-order valence-electron chi connectivity index (χ2n) is 4.07. The number of carbonyl (C=O) groups excluding carboxylic acids is 1. The number of halogens is 1. The van der Waals surface area contributed by atoms with Gasteiger partial charge in [-0.05, 0) is 19.8 Å². The van der Waals surface area contributed by atoms with Gasteiger partial charge in [0.2, 0.25) is 0 Å². The lowest BCUT2D eigenvalue weighted by Gasteiger charge is -2.02. The first kappa shape index (κ1) is 15.4. The van der Waals surface area contributed by atoms with Crippen molar-refractivity contribution in [2.24, 2.45) is 0 Å². The normalized spacial score (nSPS) is 10.4. The molecule has 0 aromatic heterocycles. The zero-order chi connectivity index (χ0) is 12.1. The predicted molar refractivity (Wildman–Crippen MR) is 64.2 cm³/mol. The van der Waals surface area contributed by atoms with Gasteiger partial charge >= 0.3 is 5.97 Å². The van der Waals surface area contributed by atoms with Crippen LogP contribution in [-0.2, 0) is 9.53 Å². The maximum absolute atomic E-state index is 11.8. The lowest BCUT2D eigenvalue weighted by atomic mass is 10.1. The Kier molecular flexibility index (Phi) is 12.0. The second kappa shape index (κ2) is 12.5. The van der Waals surface area contributed by atoms with Gasteiger partial charge in [-0.25, -0.2) is 0 Å². The molecule has 3 heteroatoms. The topological polar surface area (TPSA) is 26.3 Å². The van der Waals surface area contributed by atoms with Crippen LogP contribution in [0.15, 0.2) is 0 Å². The van der Waals surface area contributed by atoms with Crippen molar-refractivity contribution in [3.8, 4) is 0 Å². The largest absolute Gasteiger partial charge is 0.466 e. The number of hydrogen-bond donors (Lipinski definition) is 0. The summed E-state index contributed by atoms with van der Waals surface area (Å²) in [6, 6.07) is 0. The van der Waals surface area contributed by atoms with E-state index in [1.54, 1.807) is 0 Å². The van der Waals surface area contributed by atoms with E-state index >= 15 is 0 Å². The SMILES string of the molecule is CCOC(=O)CCCCCCCCCCF. The van der Waals surface area contributed by atoms with E-state index in [4.69, 9.17) is 4.74 Å². The molecule has 16 heavy (non-hydrogen) atoms. The summed E-state index contributed by atoms with van der Waals surface area (Å²) in [6.07, 6.45) is 9.02. The van der Waals surface area contributed by atoms with Crippen molar-refractivity contribution in [1.29, 1.82) is 0 Å². The molecule has 2 nitrogen and oxygen atoms in total. The number of hydrogen-bond acceptors (Lipinski definition) is 2. The van der Waals surface area contributed by atoms with Crippen LogP contribution in [0.4, 0.5) is 4.39 Å². The molecule has 0 aromatic carbocycles. The molecule has 0 amide bonds. The van der Waals surface area contributed by atoms with E-state index in [1.165, 1.54) is 19.3 Å². The molecular formula is C13H25FO2. The highest BCUT2D eigenvalue weighted by atomic mass is 19.1. The summed E-state index contributed by atoms with van der Waals surface area (Å²) in [5, 5.41) is 0. The van der Waals surface area contributed by atoms with Gasteiger partial charge in [0.1, 0.15) is 0 Å². The molecule has 0 aliphatic heterocycles. The third kappa shape index (κ3) is 11.5. The summed E-state index contributed by atoms with van der Waals surface area (Å²) in [7, 11) is 0. The third-order valence-corrected chi connectivity index (χ3v) is 2.57. The molecule has 0 aliphatic carbocycles. The minimum absolute atomic E-state index is 0.0783. The standard InChI is InChI=1S/C13H25FO2/c1-2-16-13(15)11-9-7-5-3-4-6-8-10-12-14/h2-12H2,1H3. The van der Waals surface area contributed by atoms with Gasteiger partial charge in [-0.15, -0.1) is 0 Å². The van der Waals surface area contributed by atoms with Crippen molar-refractivity contribution < 1.29 is 13.9 Å². The maximum atomic E-state index is 11.8. The predicted octanol–water partition coefficient (Wildman–Crippen LogP) is 4.03. The maximum Gasteiger partial charge on any atom is 0.305 e. The Morgan fingerprint density at radius 2 is 1.44 bits per heavy atom. The molecule has 0 bridgehead atoms. The van der Waals surface area contributed by atoms with Crippen LogP contribution in [-0.4, -0.2) is 19.3 Å². The van der Waals surface area contributed by atoms with E-state index in [0.29, 0.717) is 19.4 Å². The molecule has 0 N–H and O–H groups in total. The van der Waals surface area contributed by atoms with Gasteiger partial charge in [0, 0.05) is 6.42 Å². The van der Waals surface area contributed by atoms with Gasteiger partial charge < -0.3 is 4.74 Å². The quantitative estimate of drug-likeness (QED) is 0.397. The van der Waals surface area contributed by atoms with Crippen LogP contribution in [0.5, 0.6) is 0 Å². The minimum atomic E-state index is -0.181. The lowest BCUT2D eigenvalue weighted by Crippen LogP contribution is -2.03. The first-order valence-corrected chi connectivity index (χ1v) is 6.52. The molecule has 0 aliphatic rings. The highest BCUT2D eigenvalue weighted by Gasteiger charge is 2.00. The van der Waals surface area contributed by atoms with Crippen LogP contribution in [0.2, 0.25) is 0 Å². The molecule has 0 saturated carbocycles. The molecule has 0 spiro atoms. The number of unbranched alkanes of at least 4 members (excludes halogenated alkanes) is 7. The fraction of sp³-hybridized carbons (Fsp3) is 0.923. The molecule has 0 aromatic rings. The fourth-order valence-electron chi connectivity index (χ4n) is 1.66. The molecule has 96 valence electrons. The van der Waals surface area contributed by atoms with Gasteiger partial charge in [0.15, 0.2) is 0 Å². The van der Waals surface area contributed by atoms with Crippen LogP contribution in [0, 0.1) is 0 Å². The summed E-state index contributed by atoms with van der Waals surface area (Å²) in [4.78, 5) is 11.0. The highest BCUT2D eigenvalue weighted by molar-refractivity contribution is 5.69. The zero-order valence-electron chi connectivity index (χ0n) is 10.5. The van der Waals surface area contributed by atoms with E-state index in [1.807, 2.05) is 6.92 Å². The number of carbonyl (C=O) groups is 1. The molecule has 0 fully saturated rings. The average Bonchev–Trinajstić information content (AvgIpc) is 2.27. The van der Waals surface area contributed by atoms with E-state index in [-0.39, 0.29) is 12.6 Å². The van der Waals surface area contributed by atoms with Crippen molar-refractivity contribution in [1.82, 2.24) is 0 Å². The van der Waals surface area contributed by atoms with Crippen molar-refractivity contribution >= 4 is 5.97 Å². The van der Waals surface area contributed by atoms with E-state index in [2.05, 4.69) is 0 Å². The van der Waals surface area contributed by atoms with Crippen molar-refractivity contribution in [2.75, 3.05) is 13.3 Å². The number of esters is 1. The van der Waals surface area contributed by atoms with Gasteiger partial charge in [-0.1, -0.05) is 38.5 Å². The Hall–Kier alpha value is -0.600. The number of rotatable bonds is 11. The smallest absolute Gasteiger partial charge is 0.305 e. The highest BCUT2D eigenvalue weighted by Crippen LogP contribution is 2.10.